The summed E-state index contributed by atoms with van der Waals surface area (Å²) in [5, 5.41) is 11.2. The molecule has 11 heteroatoms. The third kappa shape index (κ3) is 5.77. The predicted octanol–water partition coefficient (Wildman–Crippen LogP) is 2.56. The van der Waals surface area contributed by atoms with Gasteiger partial charge in [-0.1, -0.05) is 12.1 Å². The first-order chi connectivity index (χ1) is 16.6. The van der Waals surface area contributed by atoms with Crippen LogP contribution in [0.25, 0.3) is 11.1 Å². The molecular weight excluding hydrogens is 499 g/mol. The molecule has 0 saturated carbocycles. The van der Waals surface area contributed by atoms with Gasteiger partial charge in [-0.15, -0.1) is 0 Å². The SMILES string of the molecule is O=C([O-])c1cc(C2=C(c3cc(C(F)(F)F)cnc3OCc3c(F)cccc3F)CCC2)ccc1F.[Na+]. The number of benzene rings is 2. The Bertz CT molecular complexity index is 1320. The van der Waals surface area contributed by atoms with Gasteiger partial charge < -0.3 is 14.6 Å². The molecule has 0 fully saturated rings. The van der Waals surface area contributed by atoms with E-state index in [2.05, 4.69) is 4.98 Å². The average molecular weight is 515 g/mol. The molecule has 36 heavy (non-hydrogen) atoms. The summed E-state index contributed by atoms with van der Waals surface area (Å²) in [5.74, 6) is -4.80. The van der Waals surface area contributed by atoms with E-state index in [1.807, 2.05) is 0 Å². The number of aromatic nitrogens is 1. The van der Waals surface area contributed by atoms with Crippen LogP contribution in [0.15, 0.2) is 48.7 Å². The zero-order chi connectivity index (χ0) is 25.3. The molecule has 0 aliphatic heterocycles. The molecule has 0 amide bonds. The number of aromatic carboxylic acids is 1. The van der Waals surface area contributed by atoms with Crippen molar-refractivity contribution in [1.29, 1.82) is 0 Å². The van der Waals surface area contributed by atoms with Crippen molar-refractivity contribution in [1.82, 2.24) is 4.98 Å². The fourth-order valence-corrected chi connectivity index (χ4v) is 3.98. The van der Waals surface area contributed by atoms with Crippen molar-refractivity contribution in [2.75, 3.05) is 0 Å². The number of ether oxygens (including phenoxy) is 1. The van der Waals surface area contributed by atoms with Gasteiger partial charge in [-0.05, 0) is 66.3 Å². The molecule has 0 bridgehead atoms. The summed E-state index contributed by atoms with van der Waals surface area (Å²) in [6.45, 7) is -0.627. The molecule has 0 radical (unpaired) electrons. The van der Waals surface area contributed by atoms with Crippen LogP contribution in [0.5, 0.6) is 5.88 Å². The number of carbonyl (C=O) groups is 1. The van der Waals surface area contributed by atoms with E-state index in [1.54, 1.807) is 0 Å². The van der Waals surface area contributed by atoms with E-state index in [0.29, 0.717) is 42.2 Å². The fourth-order valence-electron chi connectivity index (χ4n) is 3.98. The zero-order valence-corrected chi connectivity index (χ0v) is 20.9. The summed E-state index contributed by atoms with van der Waals surface area (Å²) in [5.41, 5.74) is -1.07. The second kappa shape index (κ2) is 11.1. The Labute approximate surface area is 223 Å². The largest absolute Gasteiger partial charge is 1.00 e. The number of pyridine rings is 1. The Morgan fingerprint density at radius 3 is 2.28 bits per heavy atom. The van der Waals surface area contributed by atoms with Crippen LogP contribution in [-0.2, 0) is 12.8 Å². The van der Waals surface area contributed by atoms with E-state index >= 15 is 0 Å². The van der Waals surface area contributed by atoms with Gasteiger partial charge in [-0.3, -0.25) is 0 Å². The van der Waals surface area contributed by atoms with Crippen molar-refractivity contribution in [3.8, 4) is 5.88 Å². The van der Waals surface area contributed by atoms with Crippen LogP contribution in [0.1, 0.15) is 51.9 Å². The smallest absolute Gasteiger partial charge is 0.545 e. The van der Waals surface area contributed by atoms with Crippen LogP contribution in [0, 0.1) is 17.5 Å². The monoisotopic (exact) mass is 515 g/mol. The third-order valence-corrected chi connectivity index (χ3v) is 5.67. The van der Waals surface area contributed by atoms with Gasteiger partial charge in [-0.25, -0.2) is 18.2 Å². The Kier molecular flexibility index (Phi) is 8.53. The van der Waals surface area contributed by atoms with E-state index in [0.717, 1.165) is 36.4 Å². The van der Waals surface area contributed by atoms with Crippen LogP contribution in [-0.4, -0.2) is 11.0 Å². The van der Waals surface area contributed by atoms with Gasteiger partial charge in [0.15, 0.2) is 0 Å². The number of hydrogen-bond donors (Lipinski definition) is 0. The molecule has 0 saturated heterocycles. The van der Waals surface area contributed by atoms with Gasteiger partial charge in [0.25, 0.3) is 0 Å². The van der Waals surface area contributed by atoms with E-state index < -0.39 is 52.9 Å². The number of alkyl halides is 3. The van der Waals surface area contributed by atoms with Gasteiger partial charge in [0.1, 0.15) is 24.1 Å². The number of halogens is 6. The summed E-state index contributed by atoms with van der Waals surface area (Å²) in [6.07, 6.45) is -3.00. The summed E-state index contributed by atoms with van der Waals surface area (Å²) in [6, 6.07) is 7.33. The topological polar surface area (TPSA) is 62.2 Å². The average Bonchev–Trinajstić information content (AvgIpc) is 3.28. The number of carboxylic acids is 1. The molecule has 0 N–H and O–H groups in total. The number of nitrogens with zero attached hydrogens (tertiary/aromatic N) is 1. The van der Waals surface area contributed by atoms with Gasteiger partial charge in [0, 0.05) is 17.3 Å². The molecule has 4 rings (SSSR count). The summed E-state index contributed by atoms with van der Waals surface area (Å²) >= 11 is 0. The quantitative estimate of drug-likeness (QED) is 0.374. The van der Waals surface area contributed by atoms with Gasteiger partial charge >= 0.3 is 35.7 Å². The molecule has 2 aromatic carbocycles. The van der Waals surface area contributed by atoms with Crippen molar-refractivity contribution in [2.24, 2.45) is 0 Å². The van der Waals surface area contributed by atoms with Crippen molar-refractivity contribution < 1.29 is 70.5 Å². The molecule has 1 aliphatic carbocycles. The molecule has 0 atom stereocenters. The Morgan fingerprint density at radius 1 is 0.972 bits per heavy atom. The van der Waals surface area contributed by atoms with Crippen LogP contribution in [0.3, 0.4) is 0 Å². The molecule has 3 aromatic rings. The van der Waals surface area contributed by atoms with Crippen LogP contribution < -0.4 is 39.4 Å². The van der Waals surface area contributed by atoms with Crippen molar-refractivity contribution in [3.63, 3.8) is 0 Å². The first-order valence-corrected chi connectivity index (χ1v) is 10.4. The molecule has 1 aliphatic rings. The van der Waals surface area contributed by atoms with Crippen molar-refractivity contribution in [2.45, 2.75) is 32.0 Å². The third-order valence-electron chi connectivity index (χ3n) is 5.67. The minimum atomic E-state index is -4.73. The zero-order valence-electron chi connectivity index (χ0n) is 18.9. The van der Waals surface area contributed by atoms with E-state index in [9.17, 15) is 36.2 Å². The maximum atomic E-state index is 14.0. The van der Waals surface area contributed by atoms with Crippen molar-refractivity contribution >= 4 is 17.1 Å². The number of allylic oxidation sites excluding steroid dienone is 2. The second-order valence-electron chi connectivity index (χ2n) is 7.86. The number of rotatable bonds is 6. The maximum absolute atomic E-state index is 14.0. The van der Waals surface area contributed by atoms with Crippen LogP contribution >= 0.6 is 0 Å². The normalized spacial score (nSPS) is 13.5. The van der Waals surface area contributed by atoms with Gasteiger partial charge in [-0.2, -0.15) is 13.2 Å². The summed E-state index contributed by atoms with van der Waals surface area (Å²) < 4.78 is 87.7. The Morgan fingerprint density at radius 2 is 1.64 bits per heavy atom. The molecule has 1 heterocycles. The van der Waals surface area contributed by atoms with Crippen molar-refractivity contribution in [3.05, 3.63) is 93.9 Å². The predicted molar refractivity (Wildman–Crippen MR) is 111 cm³/mol. The fraction of sp³-hybridized carbons (Fsp3) is 0.200. The van der Waals surface area contributed by atoms with E-state index in [-0.39, 0.29) is 41.0 Å². The summed E-state index contributed by atoms with van der Waals surface area (Å²) in [7, 11) is 0. The first-order valence-electron chi connectivity index (χ1n) is 10.4. The van der Waals surface area contributed by atoms with E-state index in [1.165, 1.54) is 6.07 Å². The molecule has 0 spiro atoms. The minimum Gasteiger partial charge on any atom is -0.545 e. The molecule has 4 nitrogen and oxygen atoms in total. The second-order valence-corrected chi connectivity index (χ2v) is 7.86. The van der Waals surface area contributed by atoms with Gasteiger partial charge in [0.2, 0.25) is 5.88 Å². The summed E-state index contributed by atoms with van der Waals surface area (Å²) in [4.78, 5) is 15.0. The van der Waals surface area contributed by atoms with Crippen LogP contribution in [0.2, 0.25) is 0 Å². The van der Waals surface area contributed by atoms with Crippen LogP contribution in [0.4, 0.5) is 26.3 Å². The number of carbonyl (C=O) groups excluding carboxylic acids is 1. The molecule has 0 unspecified atom stereocenters. The Balaban J connectivity index is 0.00000361. The van der Waals surface area contributed by atoms with Gasteiger partial charge in [0.05, 0.1) is 17.1 Å². The molecule has 1 aromatic heterocycles. The first kappa shape index (κ1) is 27.8. The minimum absolute atomic E-state index is 0. The molecular formula is C25H16F6NNaO3. The number of hydrogen-bond acceptors (Lipinski definition) is 4. The van der Waals surface area contributed by atoms with E-state index in [4.69, 9.17) is 4.74 Å². The number of carboxylic acid groups (broad SMARTS) is 1. The maximum Gasteiger partial charge on any atom is 1.00 e. The molecule has 182 valence electrons. The Hall–Kier alpha value is -2.82. The standard InChI is InChI=1S/C25H17F6NO3.Na/c26-20-5-2-6-21(27)19(20)12-35-23-17(10-14(11-32-23)25(29,30)31)16-4-1-3-15(16)13-7-8-22(28)18(9-13)24(33)34;/h2,5-11H,1,3-4,12H2,(H,33,34);/q;+1/p-1.